The van der Waals surface area contributed by atoms with E-state index >= 15 is 0 Å². The first kappa shape index (κ1) is 8.95. The molecule has 1 aromatic carbocycles. The Hall–Kier alpha value is -0.140. The van der Waals surface area contributed by atoms with E-state index in [1.54, 1.807) is 0 Å². The molecule has 0 amide bonds. The summed E-state index contributed by atoms with van der Waals surface area (Å²) in [5.74, 6) is 1.73. The Morgan fingerprint density at radius 1 is 1.27 bits per heavy atom. The molecule has 0 fully saturated rings. The van der Waals surface area contributed by atoms with Crippen molar-refractivity contribution in [2.75, 3.05) is 5.75 Å². The molecule has 0 heterocycles. The Kier molecular flexibility index (Phi) is 3.81. The van der Waals surface area contributed by atoms with E-state index in [1.807, 2.05) is 11.8 Å². The summed E-state index contributed by atoms with van der Waals surface area (Å²) in [5.41, 5.74) is 1.19. The SMILES string of the molecule is CCSc1ccc(CCl)cc1. The first-order chi connectivity index (χ1) is 5.36. The van der Waals surface area contributed by atoms with Crippen molar-refractivity contribution in [3.8, 4) is 0 Å². The Balaban J connectivity index is 2.66. The highest BCUT2D eigenvalue weighted by Gasteiger charge is 1.91. The quantitative estimate of drug-likeness (QED) is 0.514. The van der Waals surface area contributed by atoms with E-state index < -0.39 is 0 Å². The van der Waals surface area contributed by atoms with Crippen LogP contribution in [0.15, 0.2) is 29.2 Å². The summed E-state index contributed by atoms with van der Waals surface area (Å²) in [6, 6.07) is 8.38. The number of hydrogen-bond acceptors (Lipinski definition) is 1. The van der Waals surface area contributed by atoms with Crippen molar-refractivity contribution in [2.45, 2.75) is 17.7 Å². The monoisotopic (exact) mass is 186 g/mol. The lowest BCUT2D eigenvalue weighted by Gasteiger charge is -1.98. The largest absolute Gasteiger partial charge is 0.126 e. The molecule has 0 aliphatic rings. The lowest BCUT2D eigenvalue weighted by molar-refractivity contribution is 1.33. The van der Waals surface area contributed by atoms with Crippen LogP contribution in [-0.2, 0) is 5.88 Å². The van der Waals surface area contributed by atoms with Gasteiger partial charge in [-0.2, -0.15) is 0 Å². The third-order valence-corrected chi connectivity index (χ3v) is 2.59. The highest BCUT2D eigenvalue weighted by Crippen LogP contribution is 2.18. The number of alkyl halides is 1. The normalized spacial score (nSPS) is 10.0. The number of hydrogen-bond donors (Lipinski definition) is 0. The molecule has 1 aromatic rings. The van der Waals surface area contributed by atoms with Crippen molar-refractivity contribution in [3.05, 3.63) is 29.8 Å². The lowest BCUT2D eigenvalue weighted by atomic mass is 10.2. The molecule has 0 atom stereocenters. The molecule has 0 N–H and O–H groups in total. The van der Waals surface area contributed by atoms with Gasteiger partial charge >= 0.3 is 0 Å². The zero-order valence-corrected chi connectivity index (χ0v) is 8.08. The second kappa shape index (κ2) is 4.68. The molecular formula is C9H11ClS. The molecule has 60 valence electrons. The molecule has 1 rings (SSSR count). The van der Waals surface area contributed by atoms with Crippen LogP contribution < -0.4 is 0 Å². The average molecular weight is 187 g/mol. The Morgan fingerprint density at radius 3 is 2.36 bits per heavy atom. The summed E-state index contributed by atoms with van der Waals surface area (Å²) in [4.78, 5) is 1.32. The van der Waals surface area contributed by atoms with E-state index in [0.29, 0.717) is 5.88 Å². The third kappa shape index (κ3) is 2.76. The van der Waals surface area contributed by atoms with E-state index in [4.69, 9.17) is 11.6 Å². The molecular weight excluding hydrogens is 176 g/mol. The highest BCUT2D eigenvalue weighted by molar-refractivity contribution is 7.99. The van der Waals surface area contributed by atoms with E-state index in [2.05, 4.69) is 31.2 Å². The van der Waals surface area contributed by atoms with Crippen LogP contribution in [0.3, 0.4) is 0 Å². The molecule has 0 saturated heterocycles. The van der Waals surface area contributed by atoms with E-state index in [-0.39, 0.29) is 0 Å². The standard InChI is InChI=1S/C9H11ClS/c1-2-11-9-5-3-8(7-10)4-6-9/h3-6H,2,7H2,1H3. The molecule has 0 aliphatic carbocycles. The summed E-state index contributed by atoms with van der Waals surface area (Å²) >= 11 is 7.50. The van der Waals surface area contributed by atoms with Gasteiger partial charge in [-0.05, 0) is 23.4 Å². The minimum atomic E-state index is 0.608. The fraction of sp³-hybridized carbons (Fsp3) is 0.333. The molecule has 0 bridgehead atoms. The topological polar surface area (TPSA) is 0 Å². The van der Waals surface area contributed by atoms with Gasteiger partial charge in [-0.25, -0.2) is 0 Å². The van der Waals surface area contributed by atoms with Crippen molar-refractivity contribution < 1.29 is 0 Å². The van der Waals surface area contributed by atoms with Crippen LogP contribution in [0.4, 0.5) is 0 Å². The molecule has 0 nitrogen and oxygen atoms in total. The van der Waals surface area contributed by atoms with Gasteiger partial charge in [0.1, 0.15) is 0 Å². The molecule has 0 saturated carbocycles. The Labute approximate surface area is 77.0 Å². The van der Waals surface area contributed by atoms with Gasteiger partial charge in [0.15, 0.2) is 0 Å². The first-order valence-electron chi connectivity index (χ1n) is 3.64. The second-order valence-electron chi connectivity index (χ2n) is 2.21. The number of benzene rings is 1. The van der Waals surface area contributed by atoms with Crippen LogP contribution in [0.25, 0.3) is 0 Å². The molecule has 11 heavy (non-hydrogen) atoms. The molecule has 2 heteroatoms. The maximum absolute atomic E-state index is 5.65. The van der Waals surface area contributed by atoms with Gasteiger partial charge in [-0.1, -0.05) is 19.1 Å². The lowest BCUT2D eigenvalue weighted by Crippen LogP contribution is -1.77. The van der Waals surface area contributed by atoms with Crippen LogP contribution in [0.2, 0.25) is 0 Å². The highest BCUT2D eigenvalue weighted by atomic mass is 35.5. The van der Waals surface area contributed by atoms with Crippen LogP contribution in [0.1, 0.15) is 12.5 Å². The Bertz CT molecular complexity index is 205. The zero-order chi connectivity index (χ0) is 8.10. The molecule has 0 unspecified atom stereocenters. The fourth-order valence-electron chi connectivity index (χ4n) is 0.841. The maximum Gasteiger partial charge on any atom is 0.0474 e. The average Bonchev–Trinajstić information content (AvgIpc) is 2.07. The van der Waals surface area contributed by atoms with Crippen LogP contribution in [0.5, 0.6) is 0 Å². The van der Waals surface area contributed by atoms with Crippen LogP contribution >= 0.6 is 23.4 Å². The van der Waals surface area contributed by atoms with Crippen molar-refractivity contribution in [2.24, 2.45) is 0 Å². The minimum absolute atomic E-state index is 0.608. The van der Waals surface area contributed by atoms with Gasteiger partial charge < -0.3 is 0 Å². The summed E-state index contributed by atoms with van der Waals surface area (Å²) < 4.78 is 0. The van der Waals surface area contributed by atoms with Gasteiger partial charge in [0.05, 0.1) is 0 Å². The van der Waals surface area contributed by atoms with Gasteiger partial charge in [0, 0.05) is 10.8 Å². The number of thioether (sulfide) groups is 1. The second-order valence-corrected chi connectivity index (χ2v) is 3.82. The van der Waals surface area contributed by atoms with Gasteiger partial charge in [-0.15, -0.1) is 23.4 Å². The van der Waals surface area contributed by atoms with Gasteiger partial charge in [0.25, 0.3) is 0 Å². The number of rotatable bonds is 3. The third-order valence-electron chi connectivity index (χ3n) is 1.39. The van der Waals surface area contributed by atoms with Crippen LogP contribution in [0, 0.1) is 0 Å². The Morgan fingerprint density at radius 2 is 1.91 bits per heavy atom. The predicted octanol–water partition coefficient (Wildman–Crippen LogP) is 3.54. The van der Waals surface area contributed by atoms with Crippen molar-refractivity contribution in [1.82, 2.24) is 0 Å². The van der Waals surface area contributed by atoms with Crippen molar-refractivity contribution >= 4 is 23.4 Å². The summed E-state index contributed by atoms with van der Waals surface area (Å²) in [7, 11) is 0. The summed E-state index contributed by atoms with van der Waals surface area (Å²) in [6.45, 7) is 2.15. The molecule has 0 aliphatic heterocycles. The minimum Gasteiger partial charge on any atom is -0.126 e. The molecule has 0 aromatic heterocycles. The predicted molar refractivity (Wildman–Crippen MR) is 52.4 cm³/mol. The smallest absolute Gasteiger partial charge is 0.0474 e. The summed E-state index contributed by atoms with van der Waals surface area (Å²) in [6.07, 6.45) is 0. The van der Waals surface area contributed by atoms with Gasteiger partial charge in [0.2, 0.25) is 0 Å². The number of halogens is 1. The maximum atomic E-state index is 5.65. The molecule has 0 spiro atoms. The van der Waals surface area contributed by atoms with E-state index in [0.717, 1.165) is 5.75 Å². The summed E-state index contributed by atoms with van der Waals surface area (Å²) in [5, 5.41) is 0. The van der Waals surface area contributed by atoms with E-state index in [9.17, 15) is 0 Å². The first-order valence-corrected chi connectivity index (χ1v) is 5.16. The fourth-order valence-corrected chi connectivity index (χ4v) is 1.68. The zero-order valence-electron chi connectivity index (χ0n) is 6.51. The van der Waals surface area contributed by atoms with E-state index in [1.165, 1.54) is 10.5 Å². The van der Waals surface area contributed by atoms with Gasteiger partial charge in [-0.3, -0.25) is 0 Å². The molecule has 0 radical (unpaired) electrons. The van der Waals surface area contributed by atoms with Crippen molar-refractivity contribution in [3.63, 3.8) is 0 Å². The van der Waals surface area contributed by atoms with Crippen molar-refractivity contribution in [1.29, 1.82) is 0 Å². The van der Waals surface area contributed by atoms with Crippen LogP contribution in [-0.4, -0.2) is 5.75 Å².